The Kier molecular flexibility index (Phi) is 11.6. The van der Waals surface area contributed by atoms with Crippen LogP contribution in [0.2, 0.25) is 0 Å². The number of nitrogens with one attached hydrogen (secondary N) is 2. The van der Waals surface area contributed by atoms with Gasteiger partial charge in [-0.2, -0.15) is 0 Å². The largest absolute Gasteiger partial charge is 0.383 e. The number of hydrogen-bond donors (Lipinski definition) is 2. The fourth-order valence-electron chi connectivity index (χ4n) is 2.75. The Morgan fingerprint density at radius 1 is 1.28 bits per heavy atom. The first-order valence-electron chi connectivity index (χ1n) is 9.66. The number of rotatable bonds is 10. The van der Waals surface area contributed by atoms with Gasteiger partial charge in [0.25, 0.3) is 0 Å². The van der Waals surface area contributed by atoms with E-state index >= 15 is 0 Å². The molecule has 29 heavy (non-hydrogen) atoms. The van der Waals surface area contributed by atoms with Crippen LogP contribution in [0, 0.1) is 6.92 Å². The summed E-state index contributed by atoms with van der Waals surface area (Å²) in [5.74, 6) is 2.47. The Balaban J connectivity index is 0.00000420. The summed E-state index contributed by atoms with van der Waals surface area (Å²) in [5.41, 5.74) is 1.22. The number of aryl methyl sites for hydroxylation is 1. The molecule has 1 atom stereocenters. The van der Waals surface area contributed by atoms with Crippen LogP contribution in [-0.2, 0) is 18.3 Å². The second-order valence-electron chi connectivity index (χ2n) is 6.93. The summed E-state index contributed by atoms with van der Waals surface area (Å²) in [6, 6.07) is 10.6. The molecule has 1 aromatic carbocycles. The van der Waals surface area contributed by atoms with E-state index in [9.17, 15) is 0 Å². The number of benzene rings is 1. The van der Waals surface area contributed by atoms with Crippen LogP contribution in [0.15, 0.2) is 35.3 Å². The van der Waals surface area contributed by atoms with Gasteiger partial charge in [-0.1, -0.05) is 18.2 Å². The average molecular weight is 515 g/mol. The lowest BCUT2D eigenvalue weighted by Crippen LogP contribution is -2.44. The standard InChI is InChI=1S/C20H33N7O.HI/c1-16(15-28-5)23-20(22-14-19-25-24-17(2)27(19)4)21-12-9-13-26(3)18-10-7-6-8-11-18;/h6-8,10-11,16H,9,12-15H2,1-5H3,(H2,21,22,23);1H. The molecule has 0 amide bonds. The molecule has 2 N–H and O–H groups in total. The van der Waals surface area contributed by atoms with Gasteiger partial charge in [-0.05, 0) is 32.4 Å². The van der Waals surface area contributed by atoms with Crippen molar-refractivity contribution in [1.29, 1.82) is 0 Å². The van der Waals surface area contributed by atoms with Crippen LogP contribution in [0.25, 0.3) is 0 Å². The molecule has 1 heterocycles. The van der Waals surface area contributed by atoms with Gasteiger partial charge in [-0.3, -0.25) is 0 Å². The van der Waals surface area contributed by atoms with Gasteiger partial charge >= 0.3 is 0 Å². The van der Waals surface area contributed by atoms with Gasteiger partial charge in [0.15, 0.2) is 11.8 Å². The topological polar surface area (TPSA) is 79.6 Å². The predicted octanol–water partition coefficient (Wildman–Crippen LogP) is 2.34. The Morgan fingerprint density at radius 3 is 2.62 bits per heavy atom. The summed E-state index contributed by atoms with van der Waals surface area (Å²) in [6.07, 6.45) is 0.994. The lowest BCUT2D eigenvalue weighted by molar-refractivity contribution is 0.179. The van der Waals surface area contributed by atoms with Gasteiger partial charge in [-0.25, -0.2) is 4.99 Å². The second kappa shape index (κ2) is 13.4. The number of nitrogens with zero attached hydrogens (tertiary/aromatic N) is 5. The molecule has 1 unspecified atom stereocenters. The summed E-state index contributed by atoms with van der Waals surface area (Å²) in [7, 11) is 5.76. The predicted molar refractivity (Wildman–Crippen MR) is 129 cm³/mol. The third-order valence-electron chi connectivity index (χ3n) is 4.52. The van der Waals surface area contributed by atoms with E-state index in [-0.39, 0.29) is 30.0 Å². The molecule has 0 radical (unpaired) electrons. The van der Waals surface area contributed by atoms with Crippen molar-refractivity contribution in [2.45, 2.75) is 32.9 Å². The number of halogens is 1. The summed E-state index contributed by atoms with van der Waals surface area (Å²) in [6.45, 7) is 6.86. The van der Waals surface area contributed by atoms with E-state index in [4.69, 9.17) is 4.74 Å². The Hall–Kier alpha value is -1.88. The van der Waals surface area contributed by atoms with Crippen molar-refractivity contribution >= 4 is 35.6 Å². The van der Waals surface area contributed by atoms with E-state index in [1.165, 1.54) is 5.69 Å². The fraction of sp³-hybridized carbons (Fsp3) is 0.550. The first-order chi connectivity index (χ1) is 13.5. The molecule has 2 aromatic rings. The molecule has 162 valence electrons. The summed E-state index contributed by atoms with van der Waals surface area (Å²) in [4.78, 5) is 6.92. The number of guanidine groups is 1. The number of ether oxygens (including phenoxy) is 1. The highest BCUT2D eigenvalue weighted by Gasteiger charge is 2.08. The van der Waals surface area contributed by atoms with Crippen molar-refractivity contribution in [3.63, 3.8) is 0 Å². The van der Waals surface area contributed by atoms with E-state index in [2.05, 4.69) is 69.0 Å². The van der Waals surface area contributed by atoms with Gasteiger partial charge in [0.2, 0.25) is 0 Å². The van der Waals surface area contributed by atoms with Gasteiger partial charge < -0.3 is 24.8 Å². The number of para-hydroxylation sites is 1. The quantitative estimate of drug-likeness (QED) is 0.219. The van der Waals surface area contributed by atoms with Crippen LogP contribution in [0.1, 0.15) is 25.0 Å². The zero-order valence-electron chi connectivity index (χ0n) is 18.1. The molecule has 1 aromatic heterocycles. The van der Waals surface area contributed by atoms with Gasteiger partial charge in [0.1, 0.15) is 12.4 Å². The average Bonchev–Trinajstić information content (AvgIpc) is 3.01. The Morgan fingerprint density at radius 2 is 2.00 bits per heavy atom. The van der Waals surface area contributed by atoms with Crippen LogP contribution in [0.5, 0.6) is 0 Å². The van der Waals surface area contributed by atoms with E-state index in [1.54, 1.807) is 7.11 Å². The molecule has 0 aliphatic rings. The smallest absolute Gasteiger partial charge is 0.191 e. The second-order valence-corrected chi connectivity index (χ2v) is 6.93. The van der Waals surface area contributed by atoms with Gasteiger partial charge in [0, 0.05) is 46.0 Å². The number of methoxy groups -OCH3 is 1. The number of hydrogen-bond acceptors (Lipinski definition) is 5. The molecule has 0 fully saturated rings. The van der Waals surface area contributed by atoms with E-state index in [0.29, 0.717) is 13.2 Å². The van der Waals surface area contributed by atoms with Crippen molar-refractivity contribution < 1.29 is 4.74 Å². The molecule has 0 aliphatic heterocycles. The Labute approximate surface area is 191 Å². The van der Waals surface area contributed by atoms with Crippen LogP contribution < -0.4 is 15.5 Å². The van der Waals surface area contributed by atoms with Gasteiger partial charge in [0.05, 0.1) is 6.61 Å². The molecular formula is C20H34IN7O. The van der Waals surface area contributed by atoms with Crippen molar-refractivity contribution in [3.05, 3.63) is 42.0 Å². The summed E-state index contributed by atoms with van der Waals surface area (Å²) < 4.78 is 7.17. The molecule has 2 rings (SSSR count). The monoisotopic (exact) mass is 515 g/mol. The maximum absolute atomic E-state index is 5.22. The van der Waals surface area contributed by atoms with Crippen molar-refractivity contribution in [3.8, 4) is 0 Å². The van der Waals surface area contributed by atoms with E-state index < -0.39 is 0 Å². The molecule has 0 saturated heterocycles. The highest BCUT2D eigenvalue weighted by atomic mass is 127. The highest BCUT2D eigenvalue weighted by Crippen LogP contribution is 2.10. The Bertz CT molecular complexity index is 736. The lowest BCUT2D eigenvalue weighted by Gasteiger charge is -2.21. The lowest BCUT2D eigenvalue weighted by atomic mass is 10.3. The molecule has 0 aliphatic carbocycles. The summed E-state index contributed by atoms with van der Waals surface area (Å²) in [5, 5.41) is 15.0. The molecular weight excluding hydrogens is 481 g/mol. The third kappa shape index (κ3) is 8.57. The minimum atomic E-state index is 0. The highest BCUT2D eigenvalue weighted by molar-refractivity contribution is 14.0. The van der Waals surface area contributed by atoms with Crippen LogP contribution in [0.4, 0.5) is 5.69 Å². The first-order valence-corrected chi connectivity index (χ1v) is 9.66. The molecule has 0 spiro atoms. The van der Waals surface area contributed by atoms with Crippen molar-refractivity contribution in [2.24, 2.45) is 12.0 Å². The molecule has 9 heteroatoms. The van der Waals surface area contributed by atoms with E-state index in [0.717, 1.165) is 37.1 Å². The minimum Gasteiger partial charge on any atom is -0.383 e. The number of aromatic nitrogens is 3. The third-order valence-corrected chi connectivity index (χ3v) is 4.52. The van der Waals surface area contributed by atoms with E-state index in [1.807, 2.05) is 24.6 Å². The molecule has 0 saturated carbocycles. The molecule has 8 nitrogen and oxygen atoms in total. The number of anilines is 1. The fourth-order valence-corrected chi connectivity index (χ4v) is 2.75. The van der Waals surface area contributed by atoms with Crippen LogP contribution >= 0.6 is 24.0 Å². The van der Waals surface area contributed by atoms with Crippen molar-refractivity contribution in [1.82, 2.24) is 25.4 Å². The zero-order valence-corrected chi connectivity index (χ0v) is 20.4. The maximum Gasteiger partial charge on any atom is 0.191 e. The van der Waals surface area contributed by atoms with Gasteiger partial charge in [-0.15, -0.1) is 34.2 Å². The normalized spacial score (nSPS) is 12.2. The number of aliphatic imine (C=N–C) groups is 1. The maximum atomic E-state index is 5.22. The molecule has 0 bridgehead atoms. The summed E-state index contributed by atoms with van der Waals surface area (Å²) >= 11 is 0. The van der Waals surface area contributed by atoms with Crippen molar-refractivity contribution in [2.75, 3.05) is 38.8 Å². The SMILES string of the molecule is COCC(C)NC(=NCc1nnc(C)n1C)NCCCN(C)c1ccccc1.I. The van der Waals surface area contributed by atoms with Crippen LogP contribution in [0.3, 0.4) is 0 Å². The first kappa shape index (κ1) is 25.2. The van der Waals surface area contributed by atoms with Crippen LogP contribution in [-0.4, -0.2) is 60.6 Å². The zero-order chi connectivity index (χ0) is 20.4. The minimum absolute atomic E-state index is 0.